The number of ether oxygens (including phenoxy) is 1. The molecular weight excluding hydrogens is 473 g/mol. The maximum atomic E-state index is 15.2. The summed E-state index contributed by atoms with van der Waals surface area (Å²) in [6.45, 7) is 7.63. The zero-order valence-corrected chi connectivity index (χ0v) is 21.3. The van der Waals surface area contributed by atoms with Crippen LogP contribution in [0.25, 0.3) is 11.0 Å². The van der Waals surface area contributed by atoms with Crippen LogP contribution in [0.3, 0.4) is 0 Å². The van der Waals surface area contributed by atoms with Crippen molar-refractivity contribution in [3.63, 3.8) is 0 Å². The average molecular weight is 504 g/mol. The molecule has 1 aromatic heterocycles. The molecule has 4 rings (SSSR count). The summed E-state index contributed by atoms with van der Waals surface area (Å²) in [6, 6.07) is 18.8. The number of hydrogen-bond acceptors (Lipinski definition) is 5. The molecule has 0 unspecified atom stereocenters. The predicted octanol–water partition coefficient (Wildman–Crippen LogP) is 4.66. The van der Waals surface area contributed by atoms with E-state index in [1.54, 1.807) is 42.5 Å². The summed E-state index contributed by atoms with van der Waals surface area (Å²) < 4.78 is 22.2. The van der Waals surface area contributed by atoms with Gasteiger partial charge in [0.1, 0.15) is 29.7 Å². The maximum absolute atomic E-state index is 15.2. The van der Waals surface area contributed by atoms with Crippen molar-refractivity contribution in [2.45, 2.75) is 45.8 Å². The number of carbonyl (C=O) groups excluding carboxylic acids is 2. The van der Waals surface area contributed by atoms with Gasteiger partial charge >= 0.3 is 0 Å². The Labute approximate surface area is 215 Å². The lowest BCUT2D eigenvalue weighted by Gasteiger charge is -2.34. The average Bonchev–Trinajstić information content (AvgIpc) is 3.25. The largest absolute Gasteiger partial charge is 0.494 e. The number of carbonyl (C=O) groups is 2. The molecule has 37 heavy (non-hydrogen) atoms. The quantitative estimate of drug-likeness (QED) is 0.378. The summed E-state index contributed by atoms with van der Waals surface area (Å²) in [6.07, 6.45) is 0. The molecule has 0 bridgehead atoms. The normalized spacial score (nSPS) is 12.2. The van der Waals surface area contributed by atoms with Gasteiger partial charge in [-0.1, -0.05) is 35.5 Å². The van der Waals surface area contributed by atoms with Crippen molar-refractivity contribution in [3.05, 3.63) is 84.2 Å². The first kappa shape index (κ1) is 25.8. The summed E-state index contributed by atoms with van der Waals surface area (Å²) in [4.78, 5) is 29.0. The third-order valence-electron chi connectivity index (χ3n) is 5.60. The van der Waals surface area contributed by atoms with E-state index in [2.05, 4.69) is 15.6 Å². The van der Waals surface area contributed by atoms with Crippen molar-refractivity contribution in [3.8, 4) is 5.75 Å². The van der Waals surface area contributed by atoms with Crippen molar-refractivity contribution >= 4 is 28.5 Å². The van der Waals surface area contributed by atoms with Gasteiger partial charge in [0.2, 0.25) is 11.8 Å². The summed E-state index contributed by atoms with van der Waals surface area (Å²) in [5, 5.41) is 11.2. The highest BCUT2D eigenvalue weighted by molar-refractivity contribution is 6.01. The molecule has 9 heteroatoms. The van der Waals surface area contributed by atoms with Gasteiger partial charge < -0.3 is 10.1 Å². The van der Waals surface area contributed by atoms with Crippen LogP contribution in [0.4, 0.5) is 10.1 Å². The van der Waals surface area contributed by atoms with Gasteiger partial charge in [-0.05, 0) is 70.2 Å². The Bertz CT molecular complexity index is 1390. The van der Waals surface area contributed by atoms with Gasteiger partial charge in [0, 0.05) is 16.8 Å². The van der Waals surface area contributed by atoms with Gasteiger partial charge in [0.05, 0.1) is 12.1 Å². The molecule has 1 N–H and O–H groups in total. The molecule has 2 amide bonds. The number of hydrogen-bond donors (Lipinski definition) is 1. The van der Waals surface area contributed by atoms with Gasteiger partial charge in [0.15, 0.2) is 0 Å². The molecule has 0 aliphatic heterocycles. The minimum absolute atomic E-state index is 0.0786. The third kappa shape index (κ3) is 5.94. The SMILES string of the molecule is CCOc1ccc(N(C(=O)Cn2nnc3ccccc32)[C@H](C(=O)NC(C)(C)C)c2ccccc2F)cc1. The molecule has 0 spiro atoms. The summed E-state index contributed by atoms with van der Waals surface area (Å²) in [5.74, 6) is -0.950. The number of amides is 2. The van der Waals surface area contributed by atoms with E-state index < -0.39 is 29.2 Å². The number of anilines is 1. The van der Waals surface area contributed by atoms with Crippen molar-refractivity contribution in [2.75, 3.05) is 11.5 Å². The van der Waals surface area contributed by atoms with E-state index in [0.717, 1.165) is 0 Å². The van der Waals surface area contributed by atoms with Crippen LogP contribution in [-0.2, 0) is 16.1 Å². The van der Waals surface area contributed by atoms with Crippen LogP contribution < -0.4 is 15.0 Å². The van der Waals surface area contributed by atoms with Gasteiger partial charge in [-0.2, -0.15) is 0 Å². The topological polar surface area (TPSA) is 89.3 Å². The van der Waals surface area contributed by atoms with Gasteiger partial charge in [-0.25, -0.2) is 9.07 Å². The second kappa shape index (κ2) is 10.8. The summed E-state index contributed by atoms with van der Waals surface area (Å²) in [5.41, 5.74) is 1.18. The van der Waals surface area contributed by atoms with E-state index in [4.69, 9.17) is 4.74 Å². The molecule has 0 aliphatic rings. The number of nitrogens with zero attached hydrogens (tertiary/aromatic N) is 4. The fourth-order valence-corrected chi connectivity index (χ4v) is 4.08. The van der Waals surface area contributed by atoms with Crippen LogP contribution >= 0.6 is 0 Å². The summed E-state index contributed by atoms with van der Waals surface area (Å²) >= 11 is 0. The van der Waals surface area contributed by atoms with Crippen molar-refractivity contribution in [1.29, 1.82) is 0 Å². The predicted molar refractivity (Wildman–Crippen MR) is 140 cm³/mol. The van der Waals surface area contributed by atoms with Crippen LogP contribution in [-0.4, -0.2) is 39.0 Å². The molecule has 192 valence electrons. The number of halogens is 1. The first-order chi connectivity index (χ1) is 17.7. The van der Waals surface area contributed by atoms with Crippen molar-refractivity contribution in [1.82, 2.24) is 20.3 Å². The Morgan fingerprint density at radius 3 is 2.38 bits per heavy atom. The standard InChI is InChI=1S/C28H30FN5O3/c1-5-37-20-16-14-19(15-17-20)34(25(35)18-33-24-13-9-8-12-23(24)31-32-33)26(27(36)30-28(2,3)4)21-10-6-7-11-22(21)29/h6-17,26H,5,18H2,1-4H3,(H,30,36)/t26-/m0/s1. The minimum Gasteiger partial charge on any atom is -0.494 e. The first-order valence-corrected chi connectivity index (χ1v) is 12.1. The lowest BCUT2D eigenvalue weighted by Crippen LogP contribution is -2.50. The van der Waals surface area contributed by atoms with Gasteiger partial charge in [-0.3, -0.25) is 14.5 Å². The highest BCUT2D eigenvalue weighted by Crippen LogP contribution is 2.32. The molecule has 0 fully saturated rings. The van der Waals surface area contributed by atoms with E-state index in [1.165, 1.54) is 21.7 Å². The molecular formula is C28H30FN5O3. The highest BCUT2D eigenvalue weighted by atomic mass is 19.1. The van der Waals surface area contributed by atoms with E-state index >= 15 is 4.39 Å². The highest BCUT2D eigenvalue weighted by Gasteiger charge is 2.36. The Morgan fingerprint density at radius 1 is 1.03 bits per heavy atom. The lowest BCUT2D eigenvalue weighted by atomic mass is 10.00. The Kier molecular flexibility index (Phi) is 7.52. The fraction of sp³-hybridized carbons (Fsp3) is 0.286. The summed E-state index contributed by atoms with van der Waals surface area (Å²) in [7, 11) is 0. The lowest BCUT2D eigenvalue weighted by molar-refractivity contribution is -0.128. The van der Waals surface area contributed by atoms with Crippen LogP contribution in [0.2, 0.25) is 0 Å². The molecule has 0 aliphatic carbocycles. The Morgan fingerprint density at radius 2 is 1.70 bits per heavy atom. The number of para-hydroxylation sites is 1. The monoisotopic (exact) mass is 503 g/mol. The van der Waals surface area contributed by atoms with Crippen LogP contribution in [0, 0.1) is 5.82 Å². The maximum Gasteiger partial charge on any atom is 0.249 e. The fourth-order valence-electron chi connectivity index (χ4n) is 4.08. The van der Waals surface area contributed by atoms with Gasteiger partial charge in [0.25, 0.3) is 0 Å². The third-order valence-corrected chi connectivity index (χ3v) is 5.60. The molecule has 1 atom stereocenters. The van der Waals surface area contributed by atoms with Crippen molar-refractivity contribution < 1.29 is 18.7 Å². The first-order valence-electron chi connectivity index (χ1n) is 12.1. The van der Waals surface area contributed by atoms with Gasteiger partial charge in [-0.15, -0.1) is 5.10 Å². The van der Waals surface area contributed by atoms with E-state index in [9.17, 15) is 9.59 Å². The Balaban J connectivity index is 1.83. The molecule has 3 aromatic carbocycles. The molecule has 8 nitrogen and oxygen atoms in total. The zero-order valence-electron chi connectivity index (χ0n) is 21.3. The van der Waals surface area contributed by atoms with Crippen LogP contribution in [0.5, 0.6) is 5.75 Å². The molecule has 1 heterocycles. The zero-order chi connectivity index (χ0) is 26.6. The van der Waals surface area contributed by atoms with Crippen LogP contribution in [0.15, 0.2) is 72.8 Å². The van der Waals surface area contributed by atoms with E-state index in [0.29, 0.717) is 29.1 Å². The number of nitrogens with one attached hydrogen (secondary N) is 1. The molecule has 0 saturated heterocycles. The Hall–Kier alpha value is -4.27. The molecule has 4 aromatic rings. The number of rotatable bonds is 8. The smallest absolute Gasteiger partial charge is 0.249 e. The number of fused-ring (bicyclic) bond motifs is 1. The molecule has 0 saturated carbocycles. The van der Waals surface area contributed by atoms with E-state index in [-0.39, 0.29) is 12.1 Å². The van der Waals surface area contributed by atoms with E-state index in [1.807, 2.05) is 45.9 Å². The second-order valence-corrected chi connectivity index (χ2v) is 9.59. The number of aromatic nitrogens is 3. The number of benzene rings is 3. The van der Waals surface area contributed by atoms with Crippen LogP contribution in [0.1, 0.15) is 39.3 Å². The molecule has 0 radical (unpaired) electrons. The van der Waals surface area contributed by atoms with Crippen molar-refractivity contribution in [2.24, 2.45) is 0 Å². The second-order valence-electron chi connectivity index (χ2n) is 9.59. The minimum atomic E-state index is -1.28.